The first-order chi connectivity index (χ1) is 13.9. The van der Waals surface area contributed by atoms with Crippen molar-refractivity contribution in [3.05, 3.63) is 51.7 Å². The number of piperazine rings is 1. The first-order valence-corrected chi connectivity index (χ1v) is 10.6. The second kappa shape index (κ2) is 7.68. The van der Waals surface area contributed by atoms with Gasteiger partial charge in [-0.2, -0.15) is 0 Å². The molecule has 0 radical (unpaired) electrons. The van der Waals surface area contributed by atoms with Crippen molar-refractivity contribution in [1.82, 2.24) is 15.1 Å². The highest BCUT2D eigenvalue weighted by atomic mass is 35.5. The monoisotopic (exact) mass is 432 g/mol. The summed E-state index contributed by atoms with van der Waals surface area (Å²) < 4.78 is 0. The molecular formula is C20H21ClN4O3S. The van der Waals surface area contributed by atoms with Gasteiger partial charge in [0.1, 0.15) is 6.54 Å². The molecule has 1 aromatic heterocycles. The third-order valence-electron chi connectivity index (χ3n) is 5.39. The van der Waals surface area contributed by atoms with Gasteiger partial charge >= 0.3 is 6.03 Å². The van der Waals surface area contributed by atoms with E-state index < -0.39 is 17.5 Å². The first kappa shape index (κ1) is 19.7. The highest BCUT2D eigenvalue weighted by Crippen LogP contribution is 2.31. The molecule has 2 fully saturated rings. The Kier molecular flexibility index (Phi) is 5.23. The molecule has 0 bridgehead atoms. The zero-order chi connectivity index (χ0) is 20.6. The number of urea groups is 1. The smallest absolute Gasteiger partial charge is 0.325 e. The van der Waals surface area contributed by atoms with Gasteiger partial charge in [0.2, 0.25) is 5.91 Å². The van der Waals surface area contributed by atoms with Crippen molar-refractivity contribution in [2.45, 2.75) is 12.5 Å². The zero-order valence-electron chi connectivity index (χ0n) is 15.9. The van der Waals surface area contributed by atoms with Gasteiger partial charge in [-0.25, -0.2) is 4.79 Å². The molecule has 2 aromatic rings. The highest BCUT2D eigenvalue weighted by Gasteiger charge is 2.50. The number of carbonyl (C=O) groups excluding carboxylic acids is 3. The predicted octanol–water partition coefficient (Wildman–Crippen LogP) is 2.52. The number of imide groups is 1. The fourth-order valence-electron chi connectivity index (χ4n) is 3.69. The molecule has 4 amide bonds. The minimum Gasteiger partial charge on any atom is -0.368 e. The van der Waals surface area contributed by atoms with Crippen molar-refractivity contribution in [3.8, 4) is 0 Å². The Bertz CT molecular complexity index is 943. The van der Waals surface area contributed by atoms with E-state index in [4.69, 9.17) is 11.6 Å². The van der Waals surface area contributed by atoms with Gasteiger partial charge < -0.3 is 15.1 Å². The maximum Gasteiger partial charge on any atom is 0.325 e. The van der Waals surface area contributed by atoms with Crippen molar-refractivity contribution in [1.29, 1.82) is 0 Å². The first-order valence-electron chi connectivity index (χ1n) is 9.35. The largest absolute Gasteiger partial charge is 0.368 e. The van der Waals surface area contributed by atoms with Crippen molar-refractivity contribution in [2.75, 3.05) is 37.6 Å². The lowest BCUT2D eigenvalue weighted by molar-refractivity contribution is -0.139. The number of nitrogens with zero attached hydrogens (tertiary/aromatic N) is 3. The number of halogens is 1. The second-order valence-electron chi connectivity index (χ2n) is 7.27. The van der Waals surface area contributed by atoms with E-state index in [0.29, 0.717) is 31.2 Å². The van der Waals surface area contributed by atoms with Gasteiger partial charge in [0, 0.05) is 41.8 Å². The number of rotatable bonds is 4. The Labute approximate surface area is 177 Å². The zero-order valence-corrected chi connectivity index (χ0v) is 17.5. The van der Waals surface area contributed by atoms with Crippen LogP contribution in [0, 0.1) is 0 Å². The summed E-state index contributed by atoms with van der Waals surface area (Å²) in [4.78, 5) is 43.7. The van der Waals surface area contributed by atoms with Gasteiger partial charge in [0.05, 0.1) is 0 Å². The number of amides is 4. The molecule has 2 aliphatic heterocycles. The molecule has 0 spiro atoms. The van der Waals surface area contributed by atoms with Crippen molar-refractivity contribution < 1.29 is 14.4 Å². The van der Waals surface area contributed by atoms with Crippen LogP contribution in [0.1, 0.15) is 11.8 Å². The normalized spacial score (nSPS) is 22.2. The highest BCUT2D eigenvalue weighted by molar-refractivity contribution is 7.10. The molecule has 0 saturated carbocycles. The van der Waals surface area contributed by atoms with Crippen LogP contribution in [-0.2, 0) is 15.1 Å². The van der Waals surface area contributed by atoms with E-state index in [1.807, 2.05) is 41.8 Å². The lowest BCUT2D eigenvalue weighted by Gasteiger charge is -2.36. The average molecular weight is 433 g/mol. The molecule has 0 aliphatic carbocycles. The minimum atomic E-state index is -1.11. The topological polar surface area (TPSA) is 73.0 Å². The van der Waals surface area contributed by atoms with Crippen molar-refractivity contribution in [3.63, 3.8) is 0 Å². The van der Waals surface area contributed by atoms with E-state index in [9.17, 15) is 14.4 Å². The maximum atomic E-state index is 12.9. The summed E-state index contributed by atoms with van der Waals surface area (Å²) in [7, 11) is 0. The minimum absolute atomic E-state index is 0.227. The van der Waals surface area contributed by atoms with E-state index in [2.05, 4.69) is 10.2 Å². The van der Waals surface area contributed by atoms with Crippen LogP contribution in [-0.4, -0.2) is 60.4 Å². The summed E-state index contributed by atoms with van der Waals surface area (Å²) >= 11 is 7.46. The van der Waals surface area contributed by atoms with Crippen LogP contribution < -0.4 is 10.2 Å². The lowest BCUT2D eigenvalue weighted by Crippen LogP contribution is -2.52. The number of anilines is 1. The van der Waals surface area contributed by atoms with E-state index in [1.54, 1.807) is 11.8 Å². The quantitative estimate of drug-likeness (QED) is 0.753. The molecule has 2 aliphatic rings. The van der Waals surface area contributed by atoms with E-state index >= 15 is 0 Å². The number of hydrogen-bond acceptors (Lipinski definition) is 5. The lowest BCUT2D eigenvalue weighted by atomic mass is 10.0. The molecule has 29 heavy (non-hydrogen) atoms. The Morgan fingerprint density at radius 1 is 1.17 bits per heavy atom. The Morgan fingerprint density at radius 3 is 2.59 bits per heavy atom. The molecule has 4 rings (SSSR count). The van der Waals surface area contributed by atoms with Crippen molar-refractivity contribution >= 4 is 46.5 Å². The molecule has 3 heterocycles. The summed E-state index contributed by atoms with van der Waals surface area (Å²) in [5.74, 6) is -0.620. The molecule has 7 nitrogen and oxygen atoms in total. The Morgan fingerprint density at radius 2 is 1.93 bits per heavy atom. The maximum absolute atomic E-state index is 12.9. The van der Waals surface area contributed by atoms with Gasteiger partial charge in [-0.1, -0.05) is 23.7 Å². The van der Waals surface area contributed by atoms with Crippen LogP contribution >= 0.6 is 22.9 Å². The van der Waals surface area contributed by atoms with E-state index in [1.165, 1.54) is 11.3 Å². The summed E-state index contributed by atoms with van der Waals surface area (Å²) in [6.07, 6.45) is 0. The number of hydrogen-bond donors (Lipinski definition) is 1. The molecule has 9 heteroatoms. The van der Waals surface area contributed by atoms with Crippen LogP contribution in [0.4, 0.5) is 10.5 Å². The second-order valence-corrected chi connectivity index (χ2v) is 8.66. The van der Waals surface area contributed by atoms with Gasteiger partial charge in [0.15, 0.2) is 5.54 Å². The van der Waals surface area contributed by atoms with Gasteiger partial charge in [-0.3, -0.25) is 14.5 Å². The average Bonchev–Trinajstić information content (AvgIpc) is 3.33. The van der Waals surface area contributed by atoms with E-state index in [-0.39, 0.29) is 12.5 Å². The molecular weight excluding hydrogens is 412 g/mol. The van der Waals surface area contributed by atoms with Crippen molar-refractivity contribution in [2.24, 2.45) is 0 Å². The van der Waals surface area contributed by atoms with Crippen LogP contribution in [0.25, 0.3) is 0 Å². The molecule has 1 aromatic carbocycles. The summed E-state index contributed by atoms with van der Waals surface area (Å²) in [6.45, 7) is 3.81. The summed E-state index contributed by atoms with van der Waals surface area (Å²) in [6, 6.07) is 10.7. The summed E-state index contributed by atoms with van der Waals surface area (Å²) in [5.41, 5.74) is -0.0954. The van der Waals surface area contributed by atoms with Crippen LogP contribution in [0.2, 0.25) is 5.02 Å². The van der Waals surface area contributed by atoms with Gasteiger partial charge in [-0.15, -0.1) is 11.3 Å². The van der Waals surface area contributed by atoms with E-state index in [0.717, 1.165) is 15.5 Å². The number of nitrogens with one attached hydrogen (secondary N) is 1. The molecule has 152 valence electrons. The van der Waals surface area contributed by atoms with Gasteiger partial charge in [-0.05, 0) is 36.6 Å². The van der Waals surface area contributed by atoms with Crippen LogP contribution in [0.15, 0.2) is 41.8 Å². The standard InChI is InChI=1S/C20H21ClN4O3S/c1-20(16-6-3-11-29-16)18(27)25(19(28)22-20)13-17(26)24-9-7-23(8-10-24)15-5-2-4-14(21)12-15/h2-6,11-12H,7-10,13H2,1H3,(H,22,28). The number of carbonyl (C=O) groups is 3. The van der Waals surface area contributed by atoms with Crippen LogP contribution in [0.3, 0.4) is 0 Å². The third kappa shape index (κ3) is 3.70. The van der Waals surface area contributed by atoms with Gasteiger partial charge in [0.25, 0.3) is 5.91 Å². The number of thiophene rings is 1. The molecule has 1 N–H and O–H groups in total. The molecule has 2 saturated heterocycles. The predicted molar refractivity (Wildman–Crippen MR) is 112 cm³/mol. The molecule has 1 unspecified atom stereocenters. The number of benzene rings is 1. The molecule has 1 atom stereocenters. The van der Waals surface area contributed by atoms with Crippen LogP contribution in [0.5, 0.6) is 0 Å². The third-order valence-corrected chi connectivity index (χ3v) is 6.71. The fraction of sp³-hybridized carbons (Fsp3) is 0.350. The fourth-order valence-corrected chi connectivity index (χ4v) is 4.71. The Balaban J connectivity index is 1.38. The summed E-state index contributed by atoms with van der Waals surface area (Å²) in [5, 5.41) is 5.26. The SMILES string of the molecule is CC1(c2cccs2)NC(=O)N(CC(=O)N2CCN(c3cccc(Cl)c3)CC2)C1=O. The Hall–Kier alpha value is -2.58.